The van der Waals surface area contributed by atoms with Crippen LogP contribution in [0.1, 0.15) is 15.6 Å². The van der Waals surface area contributed by atoms with Crippen LogP contribution < -0.4 is 5.56 Å². The number of nitrogens with one attached hydrogen (secondary N) is 1. The third-order valence-corrected chi connectivity index (χ3v) is 2.44. The van der Waals surface area contributed by atoms with E-state index < -0.39 is 11.5 Å². The molecule has 0 amide bonds. The number of aromatic nitrogens is 3. The number of aromatic carboxylic acids is 1. The number of rotatable bonds is 1. The Morgan fingerprint density at radius 1 is 1.50 bits per heavy atom. The maximum Gasteiger partial charge on any atom is 0.372 e. The zero-order valence-corrected chi connectivity index (χ0v) is 7.88. The second kappa shape index (κ2) is 2.88. The molecule has 0 aliphatic rings. The van der Waals surface area contributed by atoms with Gasteiger partial charge in [0, 0.05) is 0 Å². The number of H-pyrrole nitrogens is 1. The Bertz CT molecular complexity index is 571. The van der Waals surface area contributed by atoms with Crippen LogP contribution in [0, 0.1) is 6.92 Å². The van der Waals surface area contributed by atoms with Crippen molar-refractivity contribution in [2.45, 2.75) is 6.92 Å². The normalized spacial score (nSPS) is 10.6. The van der Waals surface area contributed by atoms with E-state index in [0.717, 1.165) is 0 Å². The maximum absolute atomic E-state index is 11.3. The van der Waals surface area contributed by atoms with Crippen molar-refractivity contribution in [2.75, 3.05) is 0 Å². The highest BCUT2D eigenvalue weighted by atomic mass is 32.1. The first-order valence-electron chi connectivity index (χ1n) is 3.68. The van der Waals surface area contributed by atoms with Crippen LogP contribution in [0.25, 0.3) is 10.3 Å². The van der Waals surface area contributed by atoms with E-state index in [0.29, 0.717) is 9.84 Å². The minimum Gasteiger partial charge on any atom is -0.475 e. The molecule has 2 N–H and O–H groups in total. The van der Waals surface area contributed by atoms with Crippen molar-refractivity contribution in [3.8, 4) is 0 Å². The van der Waals surface area contributed by atoms with Gasteiger partial charge in [-0.25, -0.2) is 14.8 Å². The first-order chi connectivity index (χ1) is 6.58. The number of carbonyl (C=O) groups is 1. The Hall–Kier alpha value is -1.76. The quantitative estimate of drug-likeness (QED) is 0.711. The van der Waals surface area contributed by atoms with Crippen LogP contribution in [0.3, 0.4) is 0 Å². The van der Waals surface area contributed by atoms with E-state index in [1.165, 1.54) is 11.3 Å². The lowest BCUT2D eigenvalue weighted by Gasteiger charge is -1.91. The molecule has 0 radical (unpaired) electrons. The van der Waals surface area contributed by atoms with Crippen LogP contribution in [0.4, 0.5) is 0 Å². The van der Waals surface area contributed by atoms with Crippen LogP contribution >= 0.6 is 11.3 Å². The number of carboxylic acid groups (broad SMARTS) is 1. The molecule has 0 bridgehead atoms. The summed E-state index contributed by atoms with van der Waals surface area (Å²) in [5.41, 5.74) is -0.325. The van der Waals surface area contributed by atoms with Gasteiger partial charge in [0.15, 0.2) is 10.3 Å². The van der Waals surface area contributed by atoms with Gasteiger partial charge in [-0.3, -0.25) is 9.78 Å². The van der Waals surface area contributed by atoms with Crippen molar-refractivity contribution in [1.82, 2.24) is 15.0 Å². The minimum atomic E-state index is -1.25. The molecular formula is C7H5N3O3S. The van der Waals surface area contributed by atoms with Crippen LogP contribution in [-0.2, 0) is 0 Å². The second-order valence-corrected chi connectivity index (χ2v) is 3.79. The van der Waals surface area contributed by atoms with Crippen LogP contribution in [0.5, 0.6) is 0 Å². The van der Waals surface area contributed by atoms with Gasteiger partial charge in [0.25, 0.3) is 5.56 Å². The summed E-state index contributed by atoms with van der Waals surface area (Å²) in [6.45, 7) is 1.73. The number of nitrogens with zero attached hydrogens (tertiary/aromatic N) is 2. The molecule has 0 fully saturated rings. The molecule has 7 heteroatoms. The fraction of sp³-hybridized carbons (Fsp3) is 0.143. The predicted molar refractivity (Wildman–Crippen MR) is 49.7 cm³/mol. The molecule has 6 nitrogen and oxygen atoms in total. The molecule has 72 valence electrons. The van der Waals surface area contributed by atoms with Crippen molar-refractivity contribution in [3.05, 3.63) is 21.2 Å². The molecule has 0 saturated carbocycles. The number of fused-ring (bicyclic) bond motifs is 1. The van der Waals surface area contributed by atoms with E-state index in [9.17, 15) is 9.59 Å². The highest BCUT2D eigenvalue weighted by Crippen LogP contribution is 2.15. The van der Waals surface area contributed by atoms with Crippen LogP contribution in [0.2, 0.25) is 0 Å². The molecule has 0 aromatic carbocycles. The third-order valence-electron chi connectivity index (χ3n) is 1.58. The van der Waals surface area contributed by atoms with Gasteiger partial charge in [-0.15, -0.1) is 0 Å². The number of aryl methyl sites for hydroxylation is 1. The van der Waals surface area contributed by atoms with Gasteiger partial charge in [0.1, 0.15) is 0 Å². The molecule has 14 heavy (non-hydrogen) atoms. The lowest BCUT2D eigenvalue weighted by Crippen LogP contribution is -2.15. The highest BCUT2D eigenvalue weighted by molar-refractivity contribution is 7.18. The lowest BCUT2D eigenvalue weighted by molar-refractivity contribution is 0.0683. The first kappa shape index (κ1) is 8.82. The Balaban J connectivity index is 2.84. The third kappa shape index (κ3) is 1.27. The molecular weight excluding hydrogens is 206 g/mol. The Morgan fingerprint density at radius 3 is 2.86 bits per heavy atom. The standard InChI is InChI=1S/C7H5N3O3S/c1-2-8-3-5(11)9-4(7(12)13)10-6(3)14-2/h1H3,(H,12,13)(H,9,10,11). The van der Waals surface area contributed by atoms with E-state index in [1.54, 1.807) is 6.92 Å². The molecule has 2 heterocycles. The number of thiazole rings is 1. The van der Waals surface area contributed by atoms with Gasteiger partial charge < -0.3 is 5.11 Å². The summed E-state index contributed by atoms with van der Waals surface area (Å²) >= 11 is 1.19. The van der Waals surface area contributed by atoms with Gasteiger partial charge in [-0.2, -0.15) is 0 Å². The zero-order chi connectivity index (χ0) is 10.3. The molecule has 0 aliphatic carbocycles. The minimum absolute atomic E-state index is 0.192. The molecule has 0 unspecified atom stereocenters. The lowest BCUT2D eigenvalue weighted by atomic mass is 10.5. The maximum atomic E-state index is 11.3. The van der Waals surface area contributed by atoms with Crippen molar-refractivity contribution in [3.63, 3.8) is 0 Å². The van der Waals surface area contributed by atoms with Crippen molar-refractivity contribution in [2.24, 2.45) is 0 Å². The Labute approximate surface area is 81.3 Å². The van der Waals surface area contributed by atoms with E-state index in [1.807, 2.05) is 0 Å². The monoisotopic (exact) mass is 211 g/mol. The van der Waals surface area contributed by atoms with Gasteiger partial charge in [-0.1, -0.05) is 11.3 Å². The average Bonchev–Trinajstić information content (AvgIpc) is 2.45. The fourth-order valence-electron chi connectivity index (χ4n) is 1.04. The summed E-state index contributed by atoms with van der Waals surface area (Å²) in [6, 6.07) is 0. The number of hydrogen-bond acceptors (Lipinski definition) is 5. The molecule has 0 atom stereocenters. The summed E-state index contributed by atoms with van der Waals surface area (Å²) in [5, 5.41) is 9.31. The molecule has 0 spiro atoms. The number of hydrogen-bond donors (Lipinski definition) is 2. The van der Waals surface area contributed by atoms with E-state index in [2.05, 4.69) is 15.0 Å². The van der Waals surface area contributed by atoms with Crippen molar-refractivity contribution >= 4 is 27.7 Å². The topological polar surface area (TPSA) is 95.9 Å². The van der Waals surface area contributed by atoms with Gasteiger partial charge in [0.2, 0.25) is 5.82 Å². The number of aromatic amines is 1. The smallest absolute Gasteiger partial charge is 0.372 e. The van der Waals surface area contributed by atoms with E-state index in [-0.39, 0.29) is 11.3 Å². The molecule has 2 aromatic heterocycles. The fourth-order valence-corrected chi connectivity index (χ4v) is 1.83. The van der Waals surface area contributed by atoms with Crippen molar-refractivity contribution in [1.29, 1.82) is 0 Å². The predicted octanol–water partition coefficient (Wildman–Crippen LogP) is 0.386. The largest absolute Gasteiger partial charge is 0.475 e. The van der Waals surface area contributed by atoms with Crippen LogP contribution in [0.15, 0.2) is 4.79 Å². The van der Waals surface area contributed by atoms with Gasteiger partial charge in [-0.05, 0) is 6.92 Å². The van der Waals surface area contributed by atoms with E-state index >= 15 is 0 Å². The molecule has 2 rings (SSSR count). The molecule has 2 aromatic rings. The SMILES string of the molecule is Cc1nc2c(=O)[nH]c(C(=O)O)nc2s1. The molecule has 0 aliphatic heterocycles. The Morgan fingerprint density at radius 2 is 2.21 bits per heavy atom. The highest BCUT2D eigenvalue weighted by Gasteiger charge is 2.12. The van der Waals surface area contributed by atoms with Gasteiger partial charge >= 0.3 is 5.97 Å². The first-order valence-corrected chi connectivity index (χ1v) is 4.50. The average molecular weight is 211 g/mol. The summed E-state index contributed by atoms with van der Waals surface area (Å²) in [7, 11) is 0. The van der Waals surface area contributed by atoms with E-state index in [4.69, 9.17) is 5.11 Å². The number of carboxylic acids is 1. The summed E-state index contributed by atoms with van der Waals surface area (Å²) in [4.78, 5) is 32.0. The summed E-state index contributed by atoms with van der Waals surface area (Å²) in [5.74, 6) is -1.61. The molecule has 0 saturated heterocycles. The van der Waals surface area contributed by atoms with Crippen LogP contribution in [-0.4, -0.2) is 26.0 Å². The second-order valence-electron chi connectivity index (χ2n) is 2.61. The van der Waals surface area contributed by atoms with Gasteiger partial charge in [0.05, 0.1) is 5.01 Å². The summed E-state index contributed by atoms with van der Waals surface area (Å²) < 4.78 is 0. The zero-order valence-electron chi connectivity index (χ0n) is 7.07. The summed E-state index contributed by atoms with van der Waals surface area (Å²) in [6.07, 6.45) is 0. The Kier molecular flexibility index (Phi) is 1.81. The van der Waals surface area contributed by atoms with Crippen molar-refractivity contribution < 1.29 is 9.90 Å².